The zero-order chi connectivity index (χ0) is 16.0. The van der Waals surface area contributed by atoms with E-state index in [2.05, 4.69) is 5.32 Å². The predicted octanol–water partition coefficient (Wildman–Crippen LogP) is 1.94. The molecule has 2 amide bonds. The van der Waals surface area contributed by atoms with E-state index in [1.807, 2.05) is 13.8 Å². The number of carbonyl (C=O) groups excluding carboxylic acids is 1. The number of amides is 2. The molecular weight excluding hydrogens is 272 g/mol. The second kappa shape index (κ2) is 7.64. The van der Waals surface area contributed by atoms with E-state index >= 15 is 0 Å². The maximum Gasteiger partial charge on any atom is 0.317 e. The fourth-order valence-corrected chi connectivity index (χ4v) is 2.81. The molecule has 1 saturated carbocycles. The van der Waals surface area contributed by atoms with Gasteiger partial charge in [-0.05, 0) is 25.7 Å². The lowest BCUT2D eigenvalue weighted by molar-refractivity contribution is -0.148. The highest BCUT2D eigenvalue weighted by molar-refractivity contribution is 5.79. The molecule has 0 aromatic rings. The van der Waals surface area contributed by atoms with E-state index in [0.717, 1.165) is 6.42 Å². The summed E-state index contributed by atoms with van der Waals surface area (Å²) in [6.45, 7) is 7.42. The van der Waals surface area contributed by atoms with Gasteiger partial charge < -0.3 is 20.1 Å². The third kappa shape index (κ3) is 4.59. The van der Waals surface area contributed by atoms with E-state index in [4.69, 9.17) is 4.74 Å². The molecule has 6 heteroatoms. The maximum atomic E-state index is 12.4. The van der Waals surface area contributed by atoms with Gasteiger partial charge >= 0.3 is 12.0 Å². The topological polar surface area (TPSA) is 78.9 Å². The molecule has 0 aromatic carbocycles. The molecule has 1 rings (SSSR count). The molecule has 1 fully saturated rings. The summed E-state index contributed by atoms with van der Waals surface area (Å²) in [7, 11) is 1.60. The molecule has 0 bridgehead atoms. The Morgan fingerprint density at radius 3 is 2.67 bits per heavy atom. The number of hydrogen-bond donors (Lipinski definition) is 2. The van der Waals surface area contributed by atoms with Gasteiger partial charge in [0, 0.05) is 26.2 Å². The van der Waals surface area contributed by atoms with Crippen LogP contribution < -0.4 is 5.32 Å². The van der Waals surface area contributed by atoms with Crippen LogP contribution in [0.5, 0.6) is 0 Å². The van der Waals surface area contributed by atoms with Crippen molar-refractivity contribution >= 4 is 12.0 Å². The minimum absolute atomic E-state index is 0.194. The van der Waals surface area contributed by atoms with Crippen molar-refractivity contribution in [2.45, 2.75) is 46.1 Å². The molecule has 0 aliphatic heterocycles. The van der Waals surface area contributed by atoms with Crippen molar-refractivity contribution in [3.05, 3.63) is 0 Å². The fourth-order valence-electron chi connectivity index (χ4n) is 2.81. The third-order valence-corrected chi connectivity index (χ3v) is 4.18. The summed E-state index contributed by atoms with van der Waals surface area (Å²) in [5.41, 5.74) is -0.861. The first-order valence-electron chi connectivity index (χ1n) is 7.59. The molecule has 122 valence electrons. The first-order chi connectivity index (χ1) is 9.81. The predicted molar refractivity (Wildman–Crippen MR) is 80.2 cm³/mol. The van der Waals surface area contributed by atoms with Gasteiger partial charge in [-0.1, -0.05) is 20.3 Å². The van der Waals surface area contributed by atoms with E-state index in [9.17, 15) is 14.7 Å². The highest BCUT2D eigenvalue weighted by Crippen LogP contribution is 2.38. The number of carboxylic acid groups (broad SMARTS) is 1. The highest BCUT2D eigenvalue weighted by atomic mass is 16.5. The van der Waals surface area contributed by atoms with Crippen molar-refractivity contribution < 1.29 is 19.4 Å². The Kier molecular flexibility index (Phi) is 6.45. The monoisotopic (exact) mass is 300 g/mol. The summed E-state index contributed by atoms with van der Waals surface area (Å²) in [6, 6.07) is -0.500. The number of nitrogens with zero attached hydrogens (tertiary/aromatic N) is 1. The van der Waals surface area contributed by atoms with E-state index in [-0.39, 0.29) is 12.1 Å². The van der Waals surface area contributed by atoms with Crippen LogP contribution in [0.15, 0.2) is 0 Å². The van der Waals surface area contributed by atoms with Gasteiger partial charge in [0.25, 0.3) is 0 Å². The van der Waals surface area contributed by atoms with Crippen molar-refractivity contribution in [3.8, 4) is 0 Å². The van der Waals surface area contributed by atoms with Crippen LogP contribution in [0.4, 0.5) is 4.79 Å². The van der Waals surface area contributed by atoms with Gasteiger partial charge in [0.2, 0.25) is 0 Å². The number of carboxylic acids is 1. The van der Waals surface area contributed by atoms with Gasteiger partial charge in [0.15, 0.2) is 0 Å². The summed E-state index contributed by atoms with van der Waals surface area (Å²) < 4.78 is 5.04. The zero-order valence-electron chi connectivity index (χ0n) is 13.5. The molecular formula is C15H28N2O4. The number of ether oxygens (including phenoxy) is 1. The van der Waals surface area contributed by atoms with Crippen LogP contribution >= 0.6 is 0 Å². The first kappa shape index (κ1) is 17.8. The van der Waals surface area contributed by atoms with Crippen molar-refractivity contribution in [3.63, 3.8) is 0 Å². The van der Waals surface area contributed by atoms with Crippen molar-refractivity contribution in [1.29, 1.82) is 0 Å². The van der Waals surface area contributed by atoms with Crippen molar-refractivity contribution in [2.24, 2.45) is 11.3 Å². The van der Waals surface area contributed by atoms with E-state index in [1.165, 1.54) is 0 Å². The molecule has 2 N–H and O–H groups in total. The Morgan fingerprint density at radius 1 is 1.48 bits per heavy atom. The van der Waals surface area contributed by atoms with Crippen LogP contribution in [0.25, 0.3) is 0 Å². The third-order valence-electron chi connectivity index (χ3n) is 4.18. The molecule has 0 aromatic heterocycles. The quantitative estimate of drug-likeness (QED) is 0.753. The standard InChI is InChI=1S/C15H28N2O4/c1-11(2)10-17(8-9-21-4)14(20)16-12-6-5-7-15(12,3)13(18)19/h11-12H,5-10H2,1-4H3,(H,16,20)(H,18,19). The van der Waals surface area contributed by atoms with Crippen LogP contribution in [0.3, 0.4) is 0 Å². The zero-order valence-corrected chi connectivity index (χ0v) is 13.5. The van der Waals surface area contributed by atoms with Gasteiger partial charge in [-0.2, -0.15) is 0 Å². The largest absolute Gasteiger partial charge is 0.481 e. The van der Waals surface area contributed by atoms with E-state index in [0.29, 0.717) is 38.5 Å². The average Bonchev–Trinajstić information content (AvgIpc) is 2.77. The molecule has 0 radical (unpaired) electrons. The molecule has 1 aliphatic carbocycles. The molecule has 2 unspecified atom stereocenters. The van der Waals surface area contributed by atoms with Gasteiger partial charge in [0.1, 0.15) is 0 Å². The first-order valence-corrected chi connectivity index (χ1v) is 7.59. The Labute approximate surface area is 126 Å². The SMILES string of the molecule is COCCN(CC(C)C)C(=O)NC1CCCC1(C)C(=O)O. The number of methoxy groups -OCH3 is 1. The molecule has 0 heterocycles. The Balaban J connectivity index is 2.69. The minimum Gasteiger partial charge on any atom is -0.481 e. The maximum absolute atomic E-state index is 12.4. The Hall–Kier alpha value is -1.30. The summed E-state index contributed by atoms with van der Waals surface area (Å²) in [6.07, 6.45) is 2.15. The Bertz CT molecular complexity index is 373. The number of carbonyl (C=O) groups is 2. The second-order valence-corrected chi connectivity index (χ2v) is 6.45. The average molecular weight is 300 g/mol. The van der Waals surface area contributed by atoms with E-state index in [1.54, 1.807) is 18.9 Å². The van der Waals surface area contributed by atoms with Crippen LogP contribution in [0.2, 0.25) is 0 Å². The van der Waals surface area contributed by atoms with Crippen molar-refractivity contribution in [1.82, 2.24) is 10.2 Å². The lowest BCUT2D eigenvalue weighted by Crippen LogP contribution is -2.52. The van der Waals surface area contributed by atoms with Crippen LogP contribution in [0, 0.1) is 11.3 Å². The number of nitrogens with one attached hydrogen (secondary N) is 1. The normalized spacial score (nSPS) is 25.1. The number of urea groups is 1. The molecule has 2 atom stereocenters. The van der Waals surface area contributed by atoms with Gasteiger partial charge in [0.05, 0.1) is 12.0 Å². The fraction of sp³-hybridized carbons (Fsp3) is 0.867. The summed E-state index contributed by atoms with van der Waals surface area (Å²) >= 11 is 0. The van der Waals surface area contributed by atoms with Crippen LogP contribution in [-0.2, 0) is 9.53 Å². The highest BCUT2D eigenvalue weighted by Gasteiger charge is 2.46. The molecule has 6 nitrogen and oxygen atoms in total. The molecule has 21 heavy (non-hydrogen) atoms. The summed E-state index contributed by atoms with van der Waals surface area (Å²) in [5, 5.41) is 12.3. The lowest BCUT2D eigenvalue weighted by atomic mass is 9.85. The summed E-state index contributed by atoms with van der Waals surface area (Å²) in [5.74, 6) is -0.486. The second-order valence-electron chi connectivity index (χ2n) is 6.45. The smallest absolute Gasteiger partial charge is 0.317 e. The molecule has 0 saturated heterocycles. The number of aliphatic carboxylic acids is 1. The van der Waals surface area contributed by atoms with Gasteiger partial charge in [-0.3, -0.25) is 4.79 Å². The Morgan fingerprint density at radius 2 is 2.14 bits per heavy atom. The van der Waals surface area contributed by atoms with Crippen molar-refractivity contribution in [2.75, 3.05) is 26.8 Å². The lowest BCUT2D eigenvalue weighted by Gasteiger charge is -2.31. The number of hydrogen-bond acceptors (Lipinski definition) is 3. The molecule has 0 spiro atoms. The summed E-state index contributed by atoms with van der Waals surface area (Å²) in [4.78, 5) is 25.6. The number of rotatable bonds is 7. The van der Waals surface area contributed by atoms with Gasteiger partial charge in [-0.25, -0.2) is 4.79 Å². The van der Waals surface area contributed by atoms with Crippen LogP contribution in [0.1, 0.15) is 40.0 Å². The molecule has 1 aliphatic rings. The van der Waals surface area contributed by atoms with E-state index < -0.39 is 11.4 Å². The van der Waals surface area contributed by atoms with Gasteiger partial charge in [-0.15, -0.1) is 0 Å². The minimum atomic E-state index is -0.861. The van der Waals surface area contributed by atoms with Crippen LogP contribution in [-0.4, -0.2) is 54.9 Å².